The van der Waals surface area contributed by atoms with Gasteiger partial charge in [-0.05, 0) is 6.92 Å². The SMILES string of the molecule is CC(=O)CC(=O)NN=N. The standard InChI is InChI=1S/C4H7N3O2/c1-3(8)2-4(9)6-7-5/h2H2,1H3,(H2,5,6,9). The lowest BCUT2D eigenvalue weighted by atomic mass is 10.3. The van der Waals surface area contributed by atoms with Crippen LogP contribution < -0.4 is 5.43 Å². The van der Waals surface area contributed by atoms with Gasteiger partial charge in [-0.3, -0.25) is 9.59 Å². The van der Waals surface area contributed by atoms with Crippen molar-refractivity contribution in [3.8, 4) is 0 Å². The number of ketones is 1. The smallest absolute Gasteiger partial charge is 0.248 e. The van der Waals surface area contributed by atoms with Gasteiger partial charge in [0, 0.05) is 0 Å². The second kappa shape index (κ2) is 3.71. The molecule has 9 heavy (non-hydrogen) atoms. The fraction of sp³-hybridized carbons (Fsp3) is 0.500. The van der Waals surface area contributed by atoms with Crippen LogP contribution >= 0.6 is 0 Å². The zero-order valence-electron chi connectivity index (χ0n) is 4.97. The van der Waals surface area contributed by atoms with Crippen molar-refractivity contribution < 1.29 is 9.59 Å². The van der Waals surface area contributed by atoms with E-state index < -0.39 is 5.91 Å². The molecule has 50 valence electrons. The number of amides is 1. The van der Waals surface area contributed by atoms with E-state index in [0.717, 1.165) is 0 Å². The lowest BCUT2D eigenvalue weighted by Crippen LogP contribution is -2.18. The van der Waals surface area contributed by atoms with Gasteiger partial charge in [-0.15, -0.1) is 0 Å². The van der Waals surface area contributed by atoms with Gasteiger partial charge in [-0.2, -0.15) is 5.53 Å². The molecular weight excluding hydrogens is 122 g/mol. The Morgan fingerprint density at radius 2 is 2.22 bits per heavy atom. The molecule has 0 spiro atoms. The lowest BCUT2D eigenvalue weighted by molar-refractivity contribution is -0.127. The van der Waals surface area contributed by atoms with Crippen LogP contribution in [0.3, 0.4) is 0 Å². The minimum absolute atomic E-state index is 0.206. The Labute approximate surface area is 51.9 Å². The van der Waals surface area contributed by atoms with Crippen LogP contribution in [-0.4, -0.2) is 11.7 Å². The first kappa shape index (κ1) is 7.74. The molecule has 0 unspecified atom stereocenters. The summed E-state index contributed by atoms with van der Waals surface area (Å²) >= 11 is 0. The normalized spacial score (nSPS) is 8.11. The Kier molecular flexibility index (Phi) is 3.19. The van der Waals surface area contributed by atoms with E-state index in [0.29, 0.717) is 0 Å². The molecule has 1 amide bonds. The molecule has 0 aliphatic heterocycles. The van der Waals surface area contributed by atoms with Gasteiger partial charge in [0.25, 0.3) is 0 Å². The summed E-state index contributed by atoms with van der Waals surface area (Å²) in [5, 5.41) is 2.59. The molecule has 0 aromatic rings. The van der Waals surface area contributed by atoms with Crippen LogP contribution in [0, 0.1) is 5.53 Å². The van der Waals surface area contributed by atoms with Crippen LogP contribution in [0.25, 0.3) is 0 Å². The summed E-state index contributed by atoms with van der Waals surface area (Å²) in [5.41, 5.74) is 7.97. The van der Waals surface area contributed by atoms with Crippen molar-refractivity contribution in [3.63, 3.8) is 0 Å². The van der Waals surface area contributed by atoms with Crippen molar-refractivity contribution in [1.29, 1.82) is 5.53 Å². The minimum Gasteiger partial charge on any atom is -0.299 e. The molecule has 5 heteroatoms. The zero-order chi connectivity index (χ0) is 7.28. The van der Waals surface area contributed by atoms with Crippen LogP contribution in [0.2, 0.25) is 0 Å². The molecule has 0 saturated heterocycles. The van der Waals surface area contributed by atoms with Crippen LogP contribution in [-0.2, 0) is 9.59 Å². The number of hydrogen-bond acceptors (Lipinski definition) is 4. The summed E-state index contributed by atoms with van der Waals surface area (Å²) in [6.45, 7) is 1.30. The third kappa shape index (κ3) is 4.60. The maximum atomic E-state index is 10.3. The van der Waals surface area contributed by atoms with E-state index in [4.69, 9.17) is 5.53 Å². The van der Waals surface area contributed by atoms with Crippen LogP contribution in [0.1, 0.15) is 13.3 Å². The van der Waals surface area contributed by atoms with E-state index in [1.807, 2.05) is 5.43 Å². The van der Waals surface area contributed by atoms with Gasteiger partial charge in [-0.1, -0.05) is 5.22 Å². The van der Waals surface area contributed by atoms with E-state index in [1.165, 1.54) is 6.92 Å². The average Bonchev–Trinajstić information content (AvgIpc) is 1.63. The van der Waals surface area contributed by atoms with E-state index in [2.05, 4.69) is 5.22 Å². The van der Waals surface area contributed by atoms with Gasteiger partial charge in [0.05, 0.1) is 6.42 Å². The summed E-state index contributed by atoms with van der Waals surface area (Å²) in [6.07, 6.45) is -0.206. The first-order chi connectivity index (χ1) is 4.16. The Morgan fingerprint density at radius 3 is 2.56 bits per heavy atom. The highest BCUT2D eigenvalue weighted by molar-refractivity contribution is 5.96. The summed E-state index contributed by atoms with van der Waals surface area (Å²) in [4.78, 5) is 20.5. The number of nitrogens with zero attached hydrogens (tertiary/aromatic N) is 1. The Balaban J connectivity index is 3.50. The summed E-state index contributed by atoms with van der Waals surface area (Å²) < 4.78 is 0. The molecule has 0 atom stereocenters. The highest BCUT2D eigenvalue weighted by atomic mass is 16.2. The van der Waals surface area contributed by atoms with Crippen molar-refractivity contribution >= 4 is 11.7 Å². The van der Waals surface area contributed by atoms with Crippen molar-refractivity contribution in [2.24, 2.45) is 5.22 Å². The highest BCUT2D eigenvalue weighted by Crippen LogP contribution is 1.79. The van der Waals surface area contributed by atoms with Crippen molar-refractivity contribution in [1.82, 2.24) is 5.43 Å². The van der Waals surface area contributed by atoms with Gasteiger partial charge in [0.15, 0.2) is 0 Å². The number of hydrogen-bond donors (Lipinski definition) is 2. The topological polar surface area (TPSA) is 82.4 Å². The largest absolute Gasteiger partial charge is 0.299 e. The number of carbonyl (C=O) groups excluding carboxylic acids is 2. The summed E-state index contributed by atoms with van der Waals surface area (Å²) in [7, 11) is 0. The lowest BCUT2D eigenvalue weighted by Gasteiger charge is -1.90. The monoisotopic (exact) mass is 129 g/mol. The van der Waals surface area contributed by atoms with E-state index in [9.17, 15) is 9.59 Å². The van der Waals surface area contributed by atoms with Crippen molar-refractivity contribution in [3.05, 3.63) is 0 Å². The Morgan fingerprint density at radius 1 is 1.67 bits per heavy atom. The maximum absolute atomic E-state index is 10.3. The molecule has 0 rings (SSSR count). The fourth-order valence-corrected chi connectivity index (χ4v) is 0.328. The molecule has 0 heterocycles. The molecule has 0 bridgehead atoms. The molecule has 5 nitrogen and oxygen atoms in total. The third-order valence-corrected chi connectivity index (χ3v) is 0.590. The predicted molar refractivity (Wildman–Crippen MR) is 28.6 cm³/mol. The second-order valence-corrected chi connectivity index (χ2v) is 1.53. The van der Waals surface area contributed by atoms with Crippen LogP contribution in [0.5, 0.6) is 0 Å². The molecule has 0 aliphatic carbocycles. The van der Waals surface area contributed by atoms with Crippen LogP contribution in [0.15, 0.2) is 5.22 Å². The number of rotatable bonds is 3. The third-order valence-electron chi connectivity index (χ3n) is 0.590. The summed E-state index contributed by atoms with van der Waals surface area (Å²) in [6, 6.07) is 0. The maximum Gasteiger partial charge on any atom is 0.248 e. The first-order valence-electron chi connectivity index (χ1n) is 2.31. The van der Waals surface area contributed by atoms with Gasteiger partial charge < -0.3 is 0 Å². The molecular formula is C4H7N3O2. The van der Waals surface area contributed by atoms with E-state index in [-0.39, 0.29) is 12.2 Å². The van der Waals surface area contributed by atoms with E-state index >= 15 is 0 Å². The van der Waals surface area contributed by atoms with Crippen molar-refractivity contribution in [2.45, 2.75) is 13.3 Å². The second-order valence-electron chi connectivity index (χ2n) is 1.53. The molecule has 0 saturated carbocycles. The summed E-state index contributed by atoms with van der Waals surface area (Å²) in [5.74, 6) is -0.784. The minimum atomic E-state index is -0.544. The van der Waals surface area contributed by atoms with Crippen molar-refractivity contribution in [2.75, 3.05) is 0 Å². The number of Topliss-reactive ketones (excluding diaryl/α,β-unsaturated/α-hetero) is 1. The Hall–Kier alpha value is -1.26. The van der Waals surface area contributed by atoms with E-state index in [1.54, 1.807) is 0 Å². The van der Waals surface area contributed by atoms with Gasteiger partial charge in [-0.25, -0.2) is 5.43 Å². The molecule has 0 aromatic heterocycles. The predicted octanol–water partition coefficient (Wildman–Crippen LogP) is 0.0277. The Bertz CT molecular complexity index is 143. The molecule has 2 N–H and O–H groups in total. The molecule has 0 aliphatic rings. The average molecular weight is 129 g/mol. The highest BCUT2D eigenvalue weighted by Gasteiger charge is 2.01. The zero-order valence-corrected chi connectivity index (χ0v) is 4.97. The number of carbonyl (C=O) groups is 2. The number of nitrogens with one attached hydrogen (secondary N) is 2. The quantitative estimate of drug-likeness (QED) is 0.320. The molecule has 0 fully saturated rings. The van der Waals surface area contributed by atoms with Crippen LogP contribution in [0.4, 0.5) is 0 Å². The first-order valence-corrected chi connectivity index (χ1v) is 2.31. The van der Waals surface area contributed by atoms with Gasteiger partial charge in [0.2, 0.25) is 5.91 Å². The fourth-order valence-electron chi connectivity index (χ4n) is 0.328. The van der Waals surface area contributed by atoms with Gasteiger partial charge in [0.1, 0.15) is 5.78 Å². The van der Waals surface area contributed by atoms with Gasteiger partial charge >= 0.3 is 0 Å². The molecule has 0 radical (unpaired) electrons. The molecule has 0 aromatic carbocycles.